The number of benzene rings is 1. The van der Waals surface area contributed by atoms with Gasteiger partial charge in [-0.1, -0.05) is 18.9 Å². The van der Waals surface area contributed by atoms with Crippen molar-refractivity contribution in [3.8, 4) is 0 Å². The molecule has 25 heavy (non-hydrogen) atoms. The van der Waals surface area contributed by atoms with E-state index < -0.39 is 11.6 Å². The molecule has 138 valence electrons. The molecule has 1 aromatic rings. The van der Waals surface area contributed by atoms with Crippen LogP contribution in [0.2, 0.25) is 0 Å². The topological polar surface area (TPSA) is 32.3 Å². The molecule has 1 amide bonds. The van der Waals surface area contributed by atoms with Crippen molar-refractivity contribution in [2.45, 2.75) is 64.0 Å². The van der Waals surface area contributed by atoms with Gasteiger partial charge in [-0.3, -0.25) is 4.79 Å². The first-order valence-electron chi connectivity index (χ1n) is 9.57. The maximum Gasteiger partial charge on any atom is 0.223 e. The molecule has 2 fully saturated rings. The van der Waals surface area contributed by atoms with Crippen LogP contribution in [0.4, 0.5) is 8.78 Å². The molecule has 3 nitrogen and oxygen atoms in total. The Morgan fingerprint density at radius 2 is 1.84 bits per heavy atom. The highest BCUT2D eigenvalue weighted by atomic mass is 19.1. The summed E-state index contributed by atoms with van der Waals surface area (Å²) in [5.74, 6) is -0.410. The van der Waals surface area contributed by atoms with Crippen LogP contribution < -0.4 is 5.32 Å². The first kappa shape index (κ1) is 18.3. The van der Waals surface area contributed by atoms with Gasteiger partial charge in [-0.15, -0.1) is 0 Å². The van der Waals surface area contributed by atoms with Crippen molar-refractivity contribution in [1.29, 1.82) is 0 Å². The molecule has 0 unspecified atom stereocenters. The summed E-state index contributed by atoms with van der Waals surface area (Å²) in [7, 11) is 0. The number of piperidine rings is 1. The summed E-state index contributed by atoms with van der Waals surface area (Å²) in [6, 6.07) is 3.84. The summed E-state index contributed by atoms with van der Waals surface area (Å²) >= 11 is 0. The zero-order valence-electron chi connectivity index (χ0n) is 14.8. The zero-order valence-corrected chi connectivity index (χ0v) is 14.8. The number of nitrogens with one attached hydrogen (secondary N) is 1. The third kappa shape index (κ3) is 5.00. The van der Waals surface area contributed by atoms with Crippen LogP contribution in [0.5, 0.6) is 0 Å². The van der Waals surface area contributed by atoms with Gasteiger partial charge in [-0.25, -0.2) is 8.78 Å². The van der Waals surface area contributed by atoms with E-state index in [4.69, 9.17) is 0 Å². The first-order valence-corrected chi connectivity index (χ1v) is 9.57. The van der Waals surface area contributed by atoms with Crippen molar-refractivity contribution in [2.24, 2.45) is 5.92 Å². The molecule has 1 N–H and O–H groups in total. The van der Waals surface area contributed by atoms with Gasteiger partial charge in [0.2, 0.25) is 5.91 Å². The van der Waals surface area contributed by atoms with Crippen LogP contribution >= 0.6 is 0 Å². The van der Waals surface area contributed by atoms with Crippen LogP contribution in [-0.2, 0) is 11.3 Å². The normalized spacial score (nSPS) is 19.3. The molecule has 0 aromatic heterocycles. The maximum absolute atomic E-state index is 14.1. The van der Waals surface area contributed by atoms with Crippen LogP contribution in [0.15, 0.2) is 18.2 Å². The van der Waals surface area contributed by atoms with Crippen molar-refractivity contribution < 1.29 is 13.6 Å². The Morgan fingerprint density at radius 3 is 2.52 bits per heavy atom. The van der Waals surface area contributed by atoms with E-state index in [1.165, 1.54) is 12.1 Å². The minimum Gasteiger partial charge on any atom is -0.335 e. The summed E-state index contributed by atoms with van der Waals surface area (Å²) in [5, 5.41) is 3.35. The largest absolute Gasteiger partial charge is 0.335 e. The summed E-state index contributed by atoms with van der Waals surface area (Å²) in [6.07, 6.45) is 7.92. The number of nitrogens with zero attached hydrogens (tertiary/aromatic N) is 1. The van der Waals surface area contributed by atoms with Gasteiger partial charge in [-0.05, 0) is 57.2 Å². The highest BCUT2D eigenvalue weighted by Crippen LogP contribution is 2.27. The number of amides is 1. The van der Waals surface area contributed by atoms with Gasteiger partial charge < -0.3 is 10.2 Å². The lowest BCUT2D eigenvalue weighted by Gasteiger charge is -2.30. The molecule has 1 aromatic carbocycles. The van der Waals surface area contributed by atoms with Gasteiger partial charge in [0.05, 0.1) is 0 Å². The Morgan fingerprint density at radius 1 is 1.12 bits per heavy atom. The fraction of sp³-hybridized carbons (Fsp3) is 0.650. The predicted molar refractivity (Wildman–Crippen MR) is 94.0 cm³/mol. The Bertz CT molecular complexity index is 581. The minimum atomic E-state index is -0.578. The molecule has 1 aliphatic heterocycles. The van der Waals surface area contributed by atoms with E-state index in [1.54, 1.807) is 0 Å². The lowest BCUT2D eigenvalue weighted by atomic mass is 9.93. The molecule has 5 heteroatoms. The Kier molecular flexibility index (Phi) is 6.40. The van der Waals surface area contributed by atoms with E-state index in [-0.39, 0.29) is 18.5 Å². The number of carbonyl (C=O) groups excluding carboxylic acids is 1. The molecule has 3 rings (SSSR count). The molecular formula is C20H28F2N2O. The lowest BCUT2D eigenvalue weighted by Crippen LogP contribution is -2.39. The van der Waals surface area contributed by atoms with Crippen molar-refractivity contribution >= 4 is 5.91 Å². The molecular weight excluding hydrogens is 322 g/mol. The average molecular weight is 350 g/mol. The number of halogens is 2. The Balaban J connectivity index is 1.64. The van der Waals surface area contributed by atoms with Crippen molar-refractivity contribution in [2.75, 3.05) is 13.1 Å². The van der Waals surface area contributed by atoms with E-state index in [9.17, 15) is 13.6 Å². The highest BCUT2D eigenvalue weighted by Gasteiger charge is 2.28. The Labute approximate surface area is 148 Å². The summed E-state index contributed by atoms with van der Waals surface area (Å²) in [4.78, 5) is 14.7. The van der Waals surface area contributed by atoms with Gasteiger partial charge in [0, 0.05) is 30.6 Å². The monoisotopic (exact) mass is 350 g/mol. The van der Waals surface area contributed by atoms with Crippen LogP contribution in [0.25, 0.3) is 0 Å². The van der Waals surface area contributed by atoms with Gasteiger partial charge in [0.15, 0.2) is 0 Å². The van der Waals surface area contributed by atoms with E-state index >= 15 is 0 Å². The second-order valence-corrected chi connectivity index (χ2v) is 7.43. The molecule has 1 saturated carbocycles. The molecule has 0 atom stereocenters. The standard InChI is InChI=1S/C20H28F2N2O/c21-17-7-6-16(19(22)13-17)14-24(18-3-1-2-4-18)20(25)8-5-15-9-11-23-12-10-15/h6-7,13,15,18,23H,1-5,8-12,14H2. The molecule has 0 radical (unpaired) electrons. The minimum absolute atomic E-state index is 0.120. The third-order valence-corrected chi connectivity index (χ3v) is 5.67. The molecule has 1 heterocycles. The number of hydrogen-bond acceptors (Lipinski definition) is 2. The van der Waals surface area contributed by atoms with E-state index in [2.05, 4.69) is 5.32 Å². The summed E-state index contributed by atoms with van der Waals surface area (Å²) < 4.78 is 27.2. The zero-order chi connectivity index (χ0) is 17.6. The van der Waals surface area contributed by atoms with Crippen LogP contribution in [-0.4, -0.2) is 29.9 Å². The second kappa shape index (κ2) is 8.75. The molecule has 2 aliphatic rings. The fourth-order valence-electron chi connectivity index (χ4n) is 4.11. The van der Waals surface area contributed by atoms with Crippen LogP contribution in [0, 0.1) is 17.6 Å². The number of carbonyl (C=O) groups is 1. The van der Waals surface area contributed by atoms with Crippen molar-refractivity contribution in [1.82, 2.24) is 10.2 Å². The van der Waals surface area contributed by atoms with Crippen molar-refractivity contribution in [3.05, 3.63) is 35.4 Å². The van der Waals surface area contributed by atoms with E-state index in [1.807, 2.05) is 4.90 Å². The quantitative estimate of drug-likeness (QED) is 0.840. The number of rotatable bonds is 6. The van der Waals surface area contributed by atoms with Gasteiger partial charge in [-0.2, -0.15) is 0 Å². The lowest BCUT2D eigenvalue weighted by molar-refractivity contribution is -0.134. The first-order chi connectivity index (χ1) is 12.1. The van der Waals surface area contributed by atoms with Gasteiger partial charge >= 0.3 is 0 Å². The fourth-order valence-corrected chi connectivity index (χ4v) is 4.11. The molecule has 0 spiro atoms. The van der Waals surface area contributed by atoms with Gasteiger partial charge in [0.25, 0.3) is 0 Å². The van der Waals surface area contributed by atoms with E-state index in [0.29, 0.717) is 17.9 Å². The van der Waals surface area contributed by atoms with E-state index in [0.717, 1.165) is 64.1 Å². The Hall–Kier alpha value is -1.49. The average Bonchev–Trinajstić information content (AvgIpc) is 3.14. The maximum atomic E-state index is 14.1. The SMILES string of the molecule is O=C(CCC1CCNCC1)N(Cc1ccc(F)cc1F)C1CCCC1. The predicted octanol–water partition coefficient (Wildman–Crippen LogP) is 4.02. The second-order valence-electron chi connectivity index (χ2n) is 7.43. The molecule has 1 aliphatic carbocycles. The number of hydrogen-bond donors (Lipinski definition) is 1. The van der Waals surface area contributed by atoms with Crippen molar-refractivity contribution in [3.63, 3.8) is 0 Å². The molecule has 1 saturated heterocycles. The summed E-state index contributed by atoms with van der Waals surface area (Å²) in [5.41, 5.74) is 0.406. The molecule has 0 bridgehead atoms. The smallest absolute Gasteiger partial charge is 0.223 e. The highest BCUT2D eigenvalue weighted by molar-refractivity contribution is 5.76. The van der Waals surface area contributed by atoms with Crippen LogP contribution in [0.1, 0.15) is 56.9 Å². The van der Waals surface area contributed by atoms with Crippen LogP contribution in [0.3, 0.4) is 0 Å². The van der Waals surface area contributed by atoms with Gasteiger partial charge in [0.1, 0.15) is 11.6 Å². The summed E-state index contributed by atoms with van der Waals surface area (Å²) in [6.45, 7) is 2.32. The third-order valence-electron chi connectivity index (χ3n) is 5.67.